The van der Waals surface area contributed by atoms with Crippen LogP contribution in [-0.4, -0.2) is 37.1 Å². The van der Waals surface area contributed by atoms with Crippen molar-refractivity contribution in [1.29, 1.82) is 0 Å². The van der Waals surface area contributed by atoms with E-state index >= 15 is 0 Å². The normalized spacial score (nSPS) is 17.0. The maximum atomic E-state index is 12.6. The number of nitrogens with zero attached hydrogens (tertiary/aromatic N) is 3. The van der Waals surface area contributed by atoms with E-state index in [4.69, 9.17) is 11.6 Å². The van der Waals surface area contributed by atoms with Gasteiger partial charge >= 0.3 is 5.97 Å². The number of fused-ring (bicyclic) bond motifs is 1. The third-order valence-corrected chi connectivity index (χ3v) is 4.73. The van der Waals surface area contributed by atoms with Crippen molar-refractivity contribution in [2.75, 3.05) is 0 Å². The number of aromatic nitrogens is 3. The minimum absolute atomic E-state index is 0.0366. The molecule has 1 unspecified atom stereocenters. The van der Waals surface area contributed by atoms with Crippen LogP contribution < -0.4 is 5.32 Å². The summed E-state index contributed by atoms with van der Waals surface area (Å²) in [5.74, 6) is -1.72. The molecule has 2 aromatic rings. The molecule has 7 nitrogen and oxygen atoms in total. The van der Waals surface area contributed by atoms with Gasteiger partial charge in [0.1, 0.15) is 10.6 Å². The Morgan fingerprint density at radius 1 is 1.44 bits per heavy atom. The van der Waals surface area contributed by atoms with Crippen LogP contribution in [-0.2, 0) is 4.79 Å². The van der Waals surface area contributed by atoms with Gasteiger partial charge in [-0.1, -0.05) is 23.3 Å². The van der Waals surface area contributed by atoms with E-state index in [2.05, 4.69) is 21.5 Å². The third kappa shape index (κ3) is 3.51. The number of halogens is 1. The van der Waals surface area contributed by atoms with E-state index < -0.39 is 17.4 Å². The zero-order valence-corrected chi connectivity index (χ0v) is 14.6. The van der Waals surface area contributed by atoms with Gasteiger partial charge in [0.15, 0.2) is 11.3 Å². The minimum Gasteiger partial charge on any atom is -0.480 e. The molecule has 1 aliphatic carbocycles. The van der Waals surface area contributed by atoms with Crippen molar-refractivity contribution < 1.29 is 14.7 Å². The zero-order chi connectivity index (χ0) is 18.0. The first-order valence-electron chi connectivity index (χ1n) is 8.13. The van der Waals surface area contributed by atoms with Crippen LogP contribution in [0.3, 0.4) is 0 Å². The van der Waals surface area contributed by atoms with Crippen molar-refractivity contribution in [3.05, 3.63) is 40.8 Å². The van der Waals surface area contributed by atoms with E-state index in [9.17, 15) is 14.7 Å². The Balaban J connectivity index is 1.85. The number of carboxylic acids is 1. The Hall–Kier alpha value is -2.41. The van der Waals surface area contributed by atoms with Crippen LogP contribution >= 0.6 is 11.6 Å². The molecule has 3 rings (SSSR count). The summed E-state index contributed by atoms with van der Waals surface area (Å²) in [7, 11) is 0. The molecule has 1 amide bonds. The van der Waals surface area contributed by atoms with Gasteiger partial charge in [-0.25, -0.2) is 14.3 Å². The lowest BCUT2D eigenvalue weighted by atomic mass is 9.87. The molecule has 8 heteroatoms. The van der Waals surface area contributed by atoms with E-state index in [0.29, 0.717) is 5.65 Å². The quantitative estimate of drug-likeness (QED) is 0.797. The Kier molecular flexibility index (Phi) is 4.76. The number of amides is 1. The molecule has 0 fully saturated rings. The summed E-state index contributed by atoms with van der Waals surface area (Å²) in [5, 5.41) is 16.5. The van der Waals surface area contributed by atoms with Crippen molar-refractivity contribution in [2.24, 2.45) is 0 Å². The molecule has 0 saturated heterocycles. The molecule has 1 aliphatic rings. The minimum atomic E-state index is -1.42. The van der Waals surface area contributed by atoms with Gasteiger partial charge in [0.2, 0.25) is 0 Å². The summed E-state index contributed by atoms with van der Waals surface area (Å²) in [4.78, 5) is 28.5. The van der Waals surface area contributed by atoms with E-state index in [1.165, 1.54) is 11.4 Å². The zero-order valence-electron chi connectivity index (χ0n) is 13.8. The summed E-state index contributed by atoms with van der Waals surface area (Å²) in [6, 6.07) is 1.66. The van der Waals surface area contributed by atoms with Gasteiger partial charge in [-0.05, 0) is 38.7 Å². The molecular formula is C17H19ClN4O3. The second kappa shape index (κ2) is 6.84. The van der Waals surface area contributed by atoms with Gasteiger partial charge in [-0.3, -0.25) is 4.79 Å². The summed E-state index contributed by atoms with van der Waals surface area (Å²) >= 11 is 6.19. The Bertz CT molecular complexity index is 861. The van der Waals surface area contributed by atoms with Crippen molar-refractivity contribution in [2.45, 2.75) is 44.6 Å². The number of rotatable bonds is 5. The number of carboxylic acid groups (broad SMARTS) is 1. The number of nitrogens with one attached hydrogen (secondary N) is 1. The van der Waals surface area contributed by atoms with Crippen molar-refractivity contribution >= 4 is 29.1 Å². The van der Waals surface area contributed by atoms with Gasteiger partial charge in [0.25, 0.3) is 5.91 Å². The molecule has 0 bridgehead atoms. The fourth-order valence-electron chi connectivity index (χ4n) is 3.01. The predicted molar refractivity (Wildman–Crippen MR) is 92.7 cm³/mol. The maximum Gasteiger partial charge on any atom is 0.329 e. The third-order valence-electron chi connectivity index (χ3n) is 4.38. The van der Waals surface area contributed by atoms with Crippen LogP contribution in [0.5, 0.6) is 0 Å². The first kappa shape index (κ1) is 17.4. The Labute approximate surface area is 149 Å². The summed E-state index contributed by atoms with van der Waals surface area (Å²) in [6.45, 7) is 1.50. The van der Waals surface area contributed by atoms with Crippen molar-refractivity contribution in [3.63, 3.8) is 0 Å². The largest absolute Gasteiger partial charge is 0.480 e. The van der Waals surface area contributed by atoms with E-state index in [1.54, 1.807) is 18.5 Å². The Morgan fingerprint density at radius 2 is 2.24 bits per heavy atom. The topological polar surface area (TPSA) is 96.6 Å². The smallest absolute Gasteiger partial charge is 0.329 e. The number of carbonyl (C=O) groups is 2. The number of carbonyl (C=O) groups excluding carboxylic acids is 1. The SMILES string of the molecule is CC(CC1=CCCCC1)(NC(=O)c1nn2cccnc2c1Cl)C(=O)O. The molecule has 0 aromatic carbocycles. The van der Waals surface area contributed by atoms with Crippen LogP contribution in [0.4, 0.5) is 0 Å². The molecule has 0 saturated carbocycles. The van der Waals surface area contributed by atoms with Crippen molar-refractivity contribution in [3.8, 4) is 0 Å². The number of allylic oxidation sites excluding steroid dienone is 1. The van der Waals surface area contributed by atoms with Gasteiger partial charge in [-0.15, -0.1) is 0 Å². The first-order chi connectivity index (χ1) is 11.9. The van der Waals surface area contributed by atoms with E-state index in [-0.39, 0.29) is 17.1 Å². The molecule has 0 aliphatic heterocycles. The summed E-state index contributed by atoms with van der Waals surface area (Å²) in [5.41, 5.74) is -0.0571. The number of hydrogen-bond donors (Lipinski definition) is 2. The Morgan fingerprint density at radius 3 is 2.88 bits per heavy atom. The molecular weight excluding hydrogens is 344 g/mol. The summed E-state index contributed by atoms with van der Waals surface area (Å²) < 4.78 is 1.39. The second-order valence-electron chi connectivity index (χ2n) is 6.43. The van der Waals surface area contributed by atoms with E-state index in [0.717, 1.165) is 31.3 Å². The summed E-state index contributed by atoms with van der Waals surface area (Å²) in [6.07, 6.45) is 9.45. The highest BCUT2D eigenvalue weighted by Gasteiger charge is 2.37. The van der Waals surface area contributed by atoms with Gasteiger partial charge in [0, 0.05) is 18.8 Å². The van der Waals surface area contributed by atoms with Crippen molar-refractivity contribution in [1.82, 2.24) is 19.9 Å². The average Bonchev–Trinajstić information content (AvgIpc) is 2.93. The van der Waals surface area contributed by atoms with Gasteiger partial charge < -0.3 is 10.4 Å². The van der Waals surface area contributed by atoms with Crippen LogP contribution in [0, 0.1) is 0 Å². The van der Waals surface area contributed by atoms with Crippen LogP contribution in [0.1, 0.15) is 49.5 Å². The van der Waals surface area contributed by atoms with Crippen LogP contribution in [0.25, 0.3) is 5.65 Å². The number of aliphatic carboxylic acids is 1. The fourth-order valence-corrected chi connectivity index (χ4v) is 3.27. The first-order valence-corrected chi connectivity index (χ1v) is 8.51. The van der Waals surface area contributed by atoms with Gasteiger partial charge in [0.05, 0.1) is 0 Å². The van der Waals surface area contributed by atoms with Gasteiger partial charge in [-0.2, -0.15) is 5.10 Å². The molecule has 25 heavy (non-hydrogen) atoms. The highest BCUT2D eigenvalue weighted by atomic mass is 35.5. The lowest BCUT2D eigenvalue weighted by Crippen LogP contribution is -2.52. The molecule has 1 atom stereocenters. The molecule has 2 heterocycles. The molecule has 2 N–H and O–H groups in total. The fraction of sp³-hybridized carbons (Fsp3) is 0.412. The molecule has 0 spiro atoms. The molecule has 0 radical (unpaired) electrons. The highest BCUT2D eigenvalue weighted by molar-refractivity contribution is 6.36. The predicted octanol–water partition coefficient (Wildman–Crippen LogP) is 2.85. The highest BCUT2D eigenvalue weighted by Crippen LogP contribution is 2.27. The standard InChI is InChI=1S/C17H19ClN4O3/c1-17(16(24)25,10-11-6-3-2-4-7-11)20-15(23)13-12(18)14-19-8-5-9-22(14)21-13/h5-6,8-9H,2-4,7,10H2,1H3,(H,20,23)(H,24,25). The lowest BCUT2D eigenvalue weighted by Gasteiger charge is -2.28. The van der Waals surface area contributed by atoms with Crippen LogP contribution in [0.15, 0.2) is 30.1 Å². The molecule has 132 valence electrons. The second-order valence-corrected chi connectivity index (χ2v) is 6.80. The number of hydrogen-bond acceptors (Lipinski definition) is 4. The molecule has 2 aromatic heterocycles. The maximum absolute atomic E-state index is 12.6. The lowest BCUT2D eigenvalue weighted by molar-refractivity contribution is -0.143. The van der Waals surface area contributed by atoms with Crippen LogP contribution in [0.2, 0.25) is 5.02 Å². The average molecular weight is 363 g/mol. The monoisotopic (exact) mass is 362 g/mol. The van der Waals surface area contributed by atoms with E-state index in [1.807, 2.05) is 0 Å².